The summed E-state index contributed by atoms with van der Waals surface area (Å²) in [6, 6.07) is 18.1. The molecule has 1 aromatic heterocycles. The highest BCUT2D eigenvalue weighted by Gasteiger charge is 2.17. The Kier molecular flexibility index (Phi) is 6.02. The van der Waals surface area contributed by atoms with Crippen molar-refractivity contribution < 1.29 is 18.9 Å². The monoisotopic (exact) mass is 474 g/mol. The molecule has 6 nitrogen and oxygen atoms in total. The summed E-state index contributed by atoms with van der Waals surface area (Å²) in [5.74, 6) is 3.08. The zero-order valence-electron chi connectivity index (χ0n) is 19.6. The molecule has 0 amide bonds. The van der Waals surface area contributed by atoms with E-state index in [0.717, 1.165) is 50.3 Å². The third kappa shape index (κ3) is 4.26. The molecule has 3 aromatic carbocycles. The van der Waals surface area contributed by atoms with Gasteiger partial charge in [0.15, 0.2) is 16.3 Å². The highest BCUT2D eigenvalue weighted by molar-refractivity contribution is 7.07. The number of hydrogen-bond acceptors (Lipinski definition) is 6. The number of benzene rings is 3. The maximum absolute atomic E-state index is 5.69. The lowest BCUT2D eigenvalue weighted by Crippen LogP contribution is -2.17. The summed E-state index contributed by atoms with van der Waals surface area (Å²) in [4.78, 5) is 5.90. The van der Waals surface area contributed by atoms with Gasteiger partial charge in [-0.1, -0.05) is 12.1 Å². The van der Waals surface area contributed by atoms with Crippen molar-refractivity contribution in [1.29, 1.82) is 0 Å². The van der Waals surface area contributed by atoms with Crippen LogP contribution in [0, 0.1) is 13.8 Å². The van der Waals surface area contributed by atoms with Gasteiger partial charge in [0, 0.05) is 10.9 Å². The average molecular weight is 475 g/mol. The van der Waals surface area contributed by atoms with Gasteiger partial charge in [0.1, 0.15) is 11.5 Å². The van der Waals surface area contributed by atoms with Crippen LogP contribution >= 0.6 is 11.3 Å². The summed E-state index contributed by atoms with van der Waals surface area (Å²) in [7, 11) is 3.35. The molecule has 174 valence electrons. The van der Waals surface area contributed by atoms with E-state index in [1.54, 1.807) is 25.6 Å². The number of fused-ring (bicyclic) bond motifs is 1. The molecule has 0 radical (unpaired) electrons. The number of nitrogens with zero attached hydrogens (tertiary/aromatic N) is 2. The van der Waals surface area contributed by atoms with Crippen molar-refractivity contribution in [1.82, 2.24) is 4.57 Å². The van der Waals surface area contributed by atoms with Crippen LogP contribution in [-0.4, -0.2) is 25.6 Å². The lowest BCUT2D eigenvalue weighted by Gasteiger charge is -2.14. The topological polar surface area (TPSA) is 54.2 Å². The Morgan fingerprint density at radius 3 is 2.56 bits per heavy atom. The summed E-state index contributed by atoms with van der Waals surface area (Å²) >= 11 is 1.60. The summed E-state index contributed by atoms with van der Waals surface area (Å²) in [6.07, 6.45) is 0. The fourth-order valence-electron chi connectivity index (χ4n) is 3.93. The van der Waals surface area contributed by atoms with Crippen LogP contribution in [-0.2, 0) is 6.54 Å². The van der Waals surface area contributed by atoms with Gasteiger partial charge in [-0.3, -0.25) is 0 Å². The molecule has 0 saturated heterocycles. The molecule has 0 atom stereocenters. The molecule has 0 unspecified atom stereocenters. The van der Waals surface area contributed by atoms with Crippen LogP contribution in [0.4, 0.5) is 5.69 Å². The highest BCUT2D eigenvalue weighted by Crippen LogP contribution is 2.36. The largest absolute Gasteiger partial charge is 0.497 e. The van der Waals surface area contributed by atoms with E-state index >= 15 is 0 Å². The van der Waals surface area contributed by atoms with E-state index < -0.39 is 0 Å². The van der Waals surface area contributed by atoms with Gasteiger partial charge in [-0.25, -0.2) is 4.99 Å². The summed E-state index contributed by atoms with van der Waals surface area (Å²) in [5.41, 5.74) is 6.43. The molecule has 0 saturated carbocycles. The normalized spacial score (nSPS) is 12.8. The molecule has 2 heterocycles. The Hall–Kier alpha value is -3.71. The van der Waals surface area contributed by atoms with Gasteiger partial charge >= 0.3 is 0 Å². The molecular formula is C27H26N2O4S. The second-order valence-electron chi connectivity index (χ2n) is 8.12. The molecule has 0 spiro atoms. The molecule has 1 aliphatic heterocycles. The minimum atomic E-state index is 0.254. The standard InChI is InChI=1S/C27H26N2O4S/c1-17-5-7-20(11-18(17)2)28-27-29(14-19-6-9-25-26(12-19)33-16-32-25)23(15-34-27)22-13-21(30-3)8-10-24(22)31-4/h5-13,15H,14,16H2,1-4H3. The smallest absolute Gasteiger partial charge is 0.231 e. The molecule has 0 aliphatic carbocycles. The van der Waals surface area contributed by atoms with Crippen molar-refractivity contribution in [2.45, 2.75) is 20.4 Å². The first-order valence-electron chi connectivity index (χ1n) is 11.0. The van der Waals surface area contributed by atoms with Gasteiger partial charge in [0.2, 0.25) is 6.79 Å². The Bertz CT molecular complexity index is 1420. The quantitative estimate of drug-likeness (QED) is 0.351. The van der Waals surface area contributed by atoms with E-state index in [4.69, 9.17) is 23.9 Å². The molecule has 5 rings (SSSR count). The second kappa shape index (κ2) is 9.27. The number of rotatable bonds is 6. The van der Waals surface area contributed by atoms with Crippen LogP contribution < -0.4 is 23.7 Å². The van der Waals surface area contributed by atoms with Crippen LogP contribution in [0.25, 0.3) is 11.3 Å². The minimum absolute atomic E-state index is 0.254. The Labute approximate surface area is 202 Å². The Morgan fingerprint density at radius 1 is 0.912 bits per heavy atom. The fourth-order valence-corrected chi connectivity index (χ4v) is 4.85. The highest BCUT2D eigenvalue weighted by atomic mass is 32.1. The average Bonchev–Trinajstić information content (AvgIpc) is 3.48. The van der Waals surface area contributed by atoms with E-state index in [1.807, 2.05) is 30.3 Å². The van der Waals surface area contributed by atoms with Gasteiger partial charge in [0.25, 0.3) is 0 Å². The Morgan fingerprint density at radius 2 is 1.76 bits per heavy atom. The first-order chi connectivity index (χ1) is 16.6. The van der Waals surface area contributed by atoms with Crippen LogP contribution in [0.2, 0.25) is 0 Å². The predicted molar refractivity (Wildman–Crippen MR) is 134 cm³/mol. The third-order valence-electron chi connectivity index (χ3n) is 5.97. The molecule has 0 bridgehead atoms. The fraction of sp³-hybridized carbons (Fsp3) is 0.222. The number of hydrogen-bond donors (Lipinski definition) is 0. The molecular weight excluding hydrogens is 448 g/mol. The zero-order chi connectivity index (χ0) is 23.7. The van der Waals surface area contributed by atoms with Crippen LogP contribution in [0.5, 0.6) is 23.0 Å². The van der Waals surface area contributed by atoms with Crippen LogP contribution in [0.15, 0.2) is 65.0 Å². The predicted octanol–water partition coefficient (Wildman–Crippen LogP) is 5.86. The number of aryl methyl sites for hydroxylation is 2. The summed E-state index contributed by atoms with van der Waals surface area (Å²) < 4.78 is 24.5. The van der Waals surface area contributed by atoms with Crippen molar-refractivity contribution in [3.63, 3.8) is 0 Å². The van der Waals surface area contributed by atoms with Crippen molar-refractivity contribution in [2.24, 2.45) is 4.99 Å². The molecule has 1 aliphatic rings. The van der Waals surface area contributed by atoms with Gasteiger partial charge in [-0.05, 0) is 73.0 Å². The molecule has 0 N–H and O–H groups in total. The SMILES string of the molecule is COc1ccc(OC)c(-c2csc(=Nc3ccc(C)c(C)c3)n2Cc2ccc3c(c2)OCO3)c1. The second-order valence-corrected chi connectivity index (χ2v) is 8.96. The molecule has 0 fully saturated rings. The van der Waals surface area contributed by atoms with Crippen molar-refractivity contribution in [3.05, 3.63) is 81.5 Å². The Balaban J connectivity index is 1.67. The van der Waals surface area contributed by atoms with Crippen LogP contribution in [0.3, 0.4) is 0 Å². The molecule has 34 heavy (non-hydrogen) atoms. The van der Waals surface area contributed by atoms with Crippen molar-refractivity contribution in [2.75, 3.05) is 21.0 Å². The van der Waals surface area contributed by atoms with E-state index in [-0.39, 0.29) is 6.79 Å². The van der Waals surface area contributed by atoms with E-state index in [0.29, 0.717) is 6.54 Å². The van der Waals surface area contributed by atoms with Crippen LogP contribution in [0.1, 0.15) is 16.7 Å². The van der Waals surface area contributed by atoms with Gasteiger partial charge in [0.05, 0.1) is 32.1 Å². The van der Waals surface area contributed by atoms with Gasteiger partial charge in [-0.15, -0.1) is 11.3 Å². The van der Waals surface area contributed by atoms with E-state index in [1.165, 1.54) is 11.1 Å². The van der Waals surface area contributed by atoms with E-state index in [9.17, 15) is 0 Å². The van der Waals surface area contributed by atoms with Gasteiger partial charge in [-0.2, -0.15) is 0 Å². The first-order valence-corrected chi connectivity index (χ1v) is 11.8. The lowest BCUT2D eigenvalue weighted by atomic mass is 10.1. The first kappa shape index (κ1) is 22.1. The van der Waals surface area contributed by atoms with Crippen molar-refractivity contribution in [3.8, 4) is 34.3 Å². The summed E-state index contributed by atoms with van der Waals surface area (Å²) in [5, 5.41) is 2.12. The number of thiazole rings is 1. The number of ether oxygens (including phenoxy) is 4. The summed E-state index contributed by atoms with van der Waals surface area (Å²) in [6.45, 7) is 5.08. The maximum atomic E-state index is 5.69. The lowest BCUT2D eigenvalue weighted by molar-refractivity contribution is 0.174. The molecule has 4 aromatic rings. The number of methoxy groups -OCH3 is 2. The number of aromatic nitrogens is 1. The van der Waals surface area contributed by atoms with Crippen molar-refractivity contribution >= 4 is 17.0 Å². The minimum Gasteiger partial charge on any atom is -0.497 e. The van der Waals surface area contributed by atoms with E-state index in [2.05, 4.69) is 48.1 Å². The third-order valence-corrected chi connectivity index (χ3v) is 6.84. The zero-order valence-corrected chi connectivity index (χ0v) is 20.4. The van der Waals surface area contributed by atoms with Gasteiger partial charge < -0.3 is 23.5 Å². The molecule has 7 heteroatoms. The maximum Gasteiger partial charge on any atom is 0.231 e.